The van der Waals surface area contributed by atoms with Crippen molar-refractivity contribution in [3.8, 4) is 11.8 Å². The highest BCUT2D eigenvalue weighted by atomic mass is 16.6. The van der Waals surface area contributed by atoms with E-state index in [2.05, 4.69) is 27.3 Å². The molecule has 4 aromatic rings. The number of aromatic nitrogens is 2. The van der Waals surface area contributed by atoms with Crippen molar-refractivity contribution in [2.45, 2.75) is 38.2 Å². The molecule has 0 spiro atoms. The number of fused-ring (bicyclic) bond motifs is 1. The number of carbonyl (C=O) groups is 2. The van der Waals surface area contributed by atoms with Crippen molar-refractivity contribution in [2.24, 2.45) is 0 Å². The number of carboxylic acids is 1. The first-order chi connectivity index (χ1) is 16.9. The van der Waals surface area contributed by atoms with E-state index < -0.39 is 23.6 Å². The lowest BCUT2D eigenvalue weighted by Crippen LogP contribution is -2.19. The van der Waals surface area contributed by atoms with E-state index in [1.807, 2.05) is 54.6 Å². The Morgan fingerprint density at radius 3 is 2.66 bits per heavy atom. The van der Waals surface area contributed by atoms with Gasteiger partial charge in [0, 0.05) is 10.9 Å². The number of H-pyrrole nitrogens is 1. The third-order valence-corrected chi connectivity index (χ3v) is 6.29. The molecule has 0 bridgehead atoms. The molecule has 0 saturated heterocycles. The third kappa shape index (κ3) is 4.36. The van der Waals surface area contributed by atoms with Gasteiger partial charge in [0.15, 0.2) is 0 Å². The van der Waals surface area contributed by atoms with Gasteiger partial charge in [-0.05, 0) is 61.8 Å². The van der Waals surface area contributed by atoms with E-state index in [0.29, 0.717) is 29.9 Å². The van der Waals surface area contributed by atoms with Gasteiger partial charge in [0.25, 0.3) is 0 Å². The average Bonchev–Trinajstić information content (AvgIpc) is 3.47. The van der Waals surface area contributed by atoms with Crippen LogP contribution in [0.15, 0.2) is 59.1 Å². The Kier molecular flexibility index (Phi) is 5.53. The summed E-state index contributed by atoms with van der Waals surface area (Å²) in [6.45, 7) is 3.49. The summed E-state index contributed by atoms with van der Waals surface area (Å²) in [7, 11) is 0. The number of aromatic amines is 1. The first-order valence-electron chi connectivity index (χ1n) is 11.2. The topological polar surface area (TPSA) is 117 Å². The Bertz CT molecular complexity index is 1490. The number of aryl methyl sites for hydroxylation is 1. The molecule has 35 heavy (non-hydrogen) atoms. The van der Waals surface area contributed by atoms with Gasteiger partial charge in [0.05, 0.1) is 11.1 Å². The monoisotopic (exact) mass is 469 g/mol. The van der Waals surface area contributed by atoms with Gasteiger partial charge in [-0.1, -0.05) is 47.6 Å². The van der Waals surface area contributed by atoms with Crippen LogP contribution in [0.3, 0.4) is 0 Å². The fourth-order valence-corrected chi connectivity index (χ4v) is 4.05. The van der Waals surface area contributed by atoms with Crippen molar-refractivity contribution < 1.29 is 24.0 Å². The number of ether oxygens (including phenoxy) is 1. The number of hydrogen-bond acceptors (Lipinski definition) is 5. The number of anilines is 1. The molecular formula is C27H23N3O5. The lowest BCUT2D eigenvalue weighted by molar-refractivity contribution is -0.140. The van der Waals surface area contributed by atoms with Crippen LogP contribution in [-0.4, -0.2) is 27.3 Å². The summed E-state index contributed by atoms with van der Waals surface area (Å²) in [4.78, 5) is 27.3. The van der Waals surface area contributed by atoms with Crippen LogP contribution in [0.5, 0.6) is 0 Å². The molecular weight excluding hydrogens is 446 g/mol. The number of nitrogens with zero attached hydrogens (tertiary/aromatic N) is 1. The van der Waals surface area contributed by atoms with Crippen molar-refractivity contribution in [1.82, 2.24) is 10.1 Å². The van der Waals surface area contributed by atoms with Crippen LogP contribution in [0.1, 0.15) is 54.1 Å². The van der Waals surface area contributed by atoms with E-state index in [1.54, 1.807) is 13.8 Å². The zero-order chi connectivity index (χ0) is 24.6. The number of benzene rings is 2. The van der Waals surface area contributed by atoms with Gasteiger partial charge < -0.3 is 19.4 Å². The van der Waals surface area contributed by atoms with Crippen LogP contribution < -0.4 is 5.32 Å². The van der Waals surface area contributed by atoms with Crippen LogP contribution in [0, 0.1) is 18.8 Å². The zero-order valence-electron chi connectivity index (χ0n) is 19.2. The molecule has 1 aliphatic rings. The van der Waals surface area contributed by atoms with E-state index in [-0.39, 0.29) is 5.76 Å². The summed E-state index contributed by atoms with van der Waals surface area (Å²) < 4.78 is 10.8. The van der Waals surface area contributed by atoms with Crippen molar-refractivity contribution >= 4 is 28.7 Å². The second kappa shape index (κ2) is 8.69. The molecule has 1 atom stereocenters. The van der Waals surface area contributed by atoms with Crippen molar-refractivity contribution in [3.63, 3.8) is 0 Å². The van der Waals surface area contributed by atoms with Gasteiger partial charge in [0.1, 0.15) is 17.5 Å². The normalized spacial score (nSPS) is 14.6. The average molecular weight is 469 g/mol. The molecule has 8 nitrogen and oxygen atoms in total. The maximum atomic E-state index is 12.5. The third-order valence-electron chi connectivity index (χ3n) is 6.29. The van der Waals surface area contributed by atoms with Gasteiger partial charge in [-0.25, -0.2) is 4.79 Å². The van der Waals surface area contributed by atoms with E-state index in [1.165, 1.54) is 0 Å². The minimum absolute atomic E-state index is 0.203. The molecule has 1 aliphatic carbocycles. The summed E-state index contributed by atoms with van der Waals surface area (Å²) in [6, 6.07) is 16.9. The molecule has 1 unspecified atom stereocenters. The highest BCUT2D eigenvalue weighted by Crippen LogP contribution is 2.48. The Balaban J connectivity index is 1.33. The fourth-order valence-electron chi connectivity index (χ4n) is 4.05. The number of nitrogens with one attached hydrogen (secondary N) is 2. The number of rotatable bonds is 5. The number of carboxylic acid groups (broad SMARTS) is 1. The molecule has 2 heterocycles. The van der Waals surface area contributed by atoms with E-state index in [0.717, 1.165) is 22.0 Å². The second-order valence-corrected chi connectivity index (χ2v) is 8.68. The van der Waals surface area contributed by atoms with Crippen molar-refractivity contribution in [1.29, 1.82) is 0 Å². The summed E-state index contributed by atoms with van der Waals surface area (Å²) >= 11 is 0. The first-order valence-corrected chi connectivity index (χ1v) is 11.2. The highest BCUT2D eigenvalue weighted by molar-refractivity contribution is 5.89. The lowest BCUT2D eigenvalue weighted by atomic mass is 9.95. The van der Waals surface area contributed by atoms with Crippen molar-refractivity contribution in [3.05, 3.63) is 82.9 Å². The van der Waals surface area contributed by atoms with E-state index in [4.69, 9.17) is 9.26 Å². The maximum absolute atomic E-state index is 12.5. The van der Waals surface area contributed by atoms with Crippen LogP contribution in [0.4, 0.5) is 10.5 Å². The predicted octanol–water partition coefficient (Wildman–Crippen LogP) is 5.29. The summed E-state index contributed by atoms with van der Waals surface area (Å²) in [5.41, 5.74) is 3.15. The van der Waals surface area contributed by atoms with E-state index in [9.17, 15) is 14.7 Å². The number of hydrogen-bond donors (Lipinski definition) is 3. The number of aliphatic carboxylic acids is 1. The molecule has 1 amide bonds. The maximum Gasteiger partial charge on any atom is 0.412 e. The molecule has 5 rings (SSSR count). The van der Waals surface area contributed by atoms with Crippen LogP contribution in [0.25, 0.3) is 10.9 Å². The Hall–Kier alpha value is -4.51. The molecule has 1 saturated carbocycles. The quantitative estimate of drug-likeness (QED) is 0.342. The molecule has 0 radical (unpaired) electrons. The minimum atomic E-state index is -0.791. The van der Waals surface area contributed by atoms with Crippen molar-refractivity contribution in [2.75, 3.05) is 5.32 Å². The molecule has 3 N–H and O–H groups in total. The van der Waals surface area contributed by atoms with Gasteiger partial charge >= 0.3 is 12.1 Å². The van der Waals surface area contributed by atoms with Crippen LogP contribution >= 0.6 is 0 Å². The molecule has 0 aliphatic heterocycles. The standard InChI is InChI=1S/C27H23N3O5/c1-16-24(29-26(33)34-17(2)18-6-4-3-5-7-18)23(35-30-16)11-10-21-14-19-8-9-20(15-22(19)28-21)27(12-13-27)25(31)32/h3-9,14-15,17,28H,12-13H2,1-2H3,(H,29,33)(H,31,32). The number of carbonyl (C=O) groups excluding carboxylic acids is 1. The Morgan fingerprint density at radius 1 is 1.17 bits per heavy atom. The van der Waals surface area contributed by atoms with Gasteiger partial charge in [-0.2, -0.15) is 0 Å². The SMILES string of the molecule is Cc1noc(C#Cc2cc3ccc(C4(C(=O)O)CC4)cc3[nH]2)c1NC(=O)OC(C)c1ccccc1. The first kappa shape index (κ1) is 22.3. The van der Waals surface area contributed by atoms with Gasteiger partial charge in [-0.15, -0.1) is 0 Å². The lowest BCUT2D eigenvalue weighted by Gasteiger charge is -2.13. The van der Waals surface area contributed by atoms with Crippen LogP contribution in [0.2, 0.25) is 0 Å². The smallest absolute Gasteiger partial charge is 0.412 e. The largest absolute Gasteiger partial charge is 0.481 e. The predicted molar refractivity (Wildman–Crippen MR) is 129 cm³/mol. The highest BCUT2D eigenvalue weighted by Gasteiger charge is 2.51. The number of amides is 1. The summed E-state index contributed by atoms with van der Waals surface area (Å²) in [6.07, 6.45) is 0.224. The Labute approximate surface area is 201 Å². The zero-order valence-corrected chi connectivity index (χ0v) is 19.2. The summed E-state index contributed by atoms with van der Waals surface area (Å²) in [5.74, 6) is 5.31. The molecule has 2 aromatic heterocycles. The fraction of sp³-hybridized carbons (Fsp3) is 0.222. The Morgan fingerprint density at radius 2 is 1.94 bits per heavy atom. The molecule has 1 fully saturated rings. The molecule has 8 heteroatoms. The van der Waals surface area contributed by atoms with Gasteiger partial charge in [-0.3, -0.25) is 10.1 Å². The minimum Gasteiger partial charge on any atom is -0.481 e. The summed E-state index contributed by atoms with van der Waals surface area (Å²) in [5, 5.41) is 17.1. The van der Waals surface area contributed by atoms with Gasteiger partial charge in [0.2, 0.25) is 5.76 Å². The molecule has 2 aromatic carbocycles. The van der Waals surface area contributed by atoms with Crippen LogP contribution in [-0.2, 0) is 14.9 Å². The second-order valence-electron chi connectivity index (χ2n) is 8.68. The molecule has 176 valence electrons. The van der Waals surface area contributed by atoms with E-state index >= 15 is 0 Å².